The molecule has 3 aromatic rings. The molecule has 9 heteroatoms. The SMILES string of the molecule is CCN(c1ccccc1)S(=O)(=O)c1ccc(OC)c(NC(=O)C(C)Oc2ccc(C#N)cc2)c1. The van der Waals surface area contributed by atoms with Gasteiger partial charge in [-0.05, 0) is 68.4 Å². The van der Waals surface area contributed by atoms with Crippen molar-refractivity contribution in [1.29, 1.82) is 5.26 Å². The van der Waals surface area contributed by atoms with Gasteiger partial charge in [-0.3, -0.25) is 9.10 Å². The maximum Gasteiger partial charge on any atom is 0.265 e. The number of carbonyl (C=O) groups excluding carboxylic acids is 1. The largest absolute Gasteiger partial charge is 0.495 e. The van der Waals surface area contributed by atoms with Crippen LogP contribution in [0, 0.1) is 11.3 Å². The van der Waals surface area contributed by atoms with E-state index in [0.29, 0.717) is 22.7 Å². The number of nitrogens with zero attached hydrogens (tertiary/aromatic N) is 2. The monoisotopic (exact) mass is 479 g/mol. The number of sulfonamides is 1. The van der Waals surface area contributed by atoms with E-state index in [1.165, 1.54) is 29.6 Å². The third-order valence-corrected chi connectivity index (χ3v) is 6.91. The number of carbonyl (C=O) groups is 1. The molecule has 0 bridgehead atoms. The van der Waals surface area contributed by atoms with Crippen LogP contribution in [0.3, 0.4) is 0 Å². The highest BCUT2D eigenvalue weighted by Crippen LogP contribution is 2.31. The predicted octanol–water partition coefficient (Wildman–Crippen LogP) is 4.19. The van der Waals surface area contributed by atoms with Gasteiger partial charge in [-0.2, -0.15) is 5.26 Å². The van der Waals surface area contributed by atoms with Crippen molar-refractivity contribution in [3.63, 3.8) is 0 Å². The molecule has 0 aliphatic carbocycles. The summed E-state index contributed by atoms with van der Waals surface area (Å²) in [5.41, 5.74) is 1.22. The summed E-state index contributed by atoms with van der Waals surface area (Å²) in [6.45, 7) is 3.54. The van der Waals surface area contributed by atoms with Crippen molar-refractivity contribution in [3.8, 4) is 17.6 Å². The minimum absolute atomic E-state index is 0.00923. The van der Waals surface area contributed by atoms with Gasteiger partial charge in [-0.25, -0.2) is 8.42 Å². The molecule has 176 valence electrons. The van der Waals surface area contributed by atoms with Gasteiger partial charge in [0.1, 0.15) is 11.5 Å². The molecular formula is C25H25N3O5S. The number of anilines is 2. The molecule has 1 N–H and O–H groups in total. The molecule has 0 saturated carbocycles. The summed E-state index contributed by atoms with van der Waals surface area (Å²) in [7, 11) is -2.47. The fourth-order valence-corrected chi connectivity index (χ4v) is 4.76. The maximum atomic E-state index is 13.4. The number of nitriles is 1. The number of methoxy groups -OCH3 is 1. The van der Waals surface area contributed by atoms with Gasteiger partial charge in [-0.15, -0.1) is 0 Å². The molecule has 0 saturated heterocycles. The number of hydrogen-bond acceptors (Lipinski definition) is 6. The average molecular weight is 480 g/mol. The molecule has 0 aliphatic heterocycles. The predicted molar refractivity (Wildman–Crippen MR) is 130 cm³/mol. The summed E-state index contributed by atoms with van der Waals surface area (Å²) in [5, 5.41) is 11.6. The van der Waals surface area contributed by atoms with Crippen LogP contribution < -0.4 is 19.1 Å². The van der Waals surface area contributed by atoms with Gasteiger partial charge in [0.2, 0.25) is 0 Å². The third kappa shape index (κ3) is 5.47. The van der Waals surface area contributed by atoms with Gasteiger partial charge in [0, 0.05) is 6.54 Å². The van der Waals surface area contributed by atoms with Crippen LogP contribution >= 0.6 is 0 Å². The molecule has 1 amide bonds. The number of ether oxygens (including phenoxy) is 2. The van der Waals surface area contributed by atoms with E-state index in [-0.39, 0.29) is 17.1 Å². The summed E-state index contributed by atoms with van der Waals surface area (Å²) in [5.74, 6) is 0.236. The molecular weight excluding hydrogens is 454 g/mol. The Morgan fingerprint density at radius 3 is 2.35 bits per heavy atom. The summed E-state index contributed by atoms with van der Waals surface area (Å²) in [6, 6.07) is 21.5. The second-order valence-corrected chi connectivity index (χ2v) is 9.12. The number of amides is 1. The summed E-state index contributed by atoms with van der Waals surface area (Å²) in [6.07, 6.45) is -0.894. The molecule has 0 fully saturated rings. The van der Waals surface area contributed by atoms with E-state index < -0.39 is 22.0 Å². The molecule has 0 spiro atoms. The fourth-order valence-electron chi connectivity index (χ4n) is 3.26. The Morgan fingerprint density at radius 1 is 1.09 bits per heavy atom. The van der Waals surface area contributed by atoms with Crippen molar-refractivity contribution in [3.05, 3.63) is 78.4 Å². The zero-order valence-corrected chi connectivity index (χ0v) is 19.9. The number of hydrogen-bond donors (Lipinski definition) is 1. The summed E-state index contributed by atoms with van der Waals surface area (Å²) < 4.78 is 39.0. The van der Waals surface area contributed by atoms with E-state index in [0.717, 1.165) is 0 Å². The lowest BCUT2D eigenvalue weighted by Gasteiger charge is -2.23. The lowest BCUT2D eigenvalue weighted by Crippen LogP contribution is -2.31. The molecule has 8 nitrogen and oxygen atoms in total. The number of rotatable bonds is 9. The minimum atomic E-state index is -3.89. The highest BCUT2D eigenvalue weighted by molar-refractivity contribution is 7.92. The van der Waals surface area contributed by atoms with Gasteiger partial charge in [0.15, 0.2) is 6.10 Å². The van der Waals surface area contributed by atoms with Gasteiger partial charge in [-0.1, -0.05) is 18.2 Å². The van der Waals surface area contributed by atoms with Gasteiger partial charge in [0.25, 0.3) is 15.9 Å². The van der Waals surface area contributed by atoms with Crippen molar-refractivity contribution >= 4 is 27.3 Å². The second-order valence-electron chi connectivity index (χ2n) is 7.25. The first-order valence-electron chi connectivity index (χ1n) is 10.5. The molecule has 3 rings (SSSR count). The van der Waals surface area contributed by atoms with Crippen LogP contribution in [-0.4, -0.2) is 34.1 Å². The van der Waals surface area contributed by atoms with Crippen LogP contribution in [0.15, 0.2) is 77.7 Å². The van der Waals surface area contributed by atoms with Crippen molar-refractivity contribution in [2.45, 2.75) is 24.8 Å². The van der Waals surface area contributed by atoms with Crippen molar-refractivity contribution < 1.29 is 22.7 Å². The zero-order valence-electron chi connectivity index (χ0n) is 19.1. The first-order valence-corrected chi connectivity index (χ1v) is 12.0. The third-order valence-electron chi connectivity index (χ3n) is 5.01. The molecule has 0 aliphatic rings. The fraction of sp³-hybridized carbons (Fsp3) is 0.200. The van der Waals surface area contributed by atoms with Gasteiger partial charge >= 0.3 is 0 Å². The van der Waals surface area contributed by atoms with Crippen LogP contribution in [0.25, 0.3) is 0 Å². The van der Waals surface area contributed by atoms with Crippen molar-refractivity contribution in [1.82, 2.24) is 0 Å². The summed E-state index contributed by atoms with van der Waals surface area (Å²) in [4.78, 5) is 12.8. The van der Waals surface area contributed by atoms with Crippen LogP contribution in [0.4, 0.5) is 11.4 Å². The molecule has 3 aromatic carbocycles. The van der Waals surface area contributed by atoms with E-state index in [4.69, 9.17) is 14.7 Å². The maximum absolute atomic E-state index is 13.4. The second kappa shape index (κ2) is 10.7. The standard InChI is InChI=1S/C25H25N3O5S/c1-4-28(20-8-6-5-7-9-20)34(30,31)22-14-15-24(32-3)23(16-22)27-25(29)18(2)33-21-12-10-19(17-26)11-13-21/h5-16,18H,4H2,1-3H3,(H,27,29). The van der Waals surface area contributed by atoms with E-state index in [1.807, 2.05) is 12.1 Å². The molecule has 0 aromatic heterocycles. The Balaban J connectivity index is 1.84. The first-order chi connectivity index (χ1) is 16.3. The van der Waals surface area contributed by atoms with Crippen LogP contribution in [0.1, 0.15) is 19.4 Å². The number of benzene rings is 3. The van der Waals surface area contributed by atoms with Crippen LogP contribution in [0.2, 0.25) is 0 Å². The van der Waals surface area contributed by atoms with Gasteiger partial charge in [0.05, 0.1) is 35.0 Å². The van der Waals surface area contributed by atoms with E-state index in [1.54, 1.807) is 62.4 Å². The Kier molecular flexibility index (Phi) is 7.76. The Morgan fingerprint density at radius 2 is 1.76 bits per heavy atom. The van der Waals surface area contributed by atoms with E-state index in [2.05, 4.69) is 5.32 Å². The zero-order chi connectivity index (χ0) is 24.7. The van der Waals surface area contributed by atoms with E-state index >= 15 is 0 Å². The Hall–Kier alpha value is -4.03. The highest BCUT2D eigenvalue weighted by Gasteiger charge is 2.25. The molecule has 34 heavy (non-hydrogen) atoms. The minimum Gasteiger partial charge on any atom is -0.495 e. The molecule has 1 unspecified atom stereocenters. The Bertz CT molecular complexity index is 1290. The lowest BCUT2D eigenvalue weighted by molar-refractivity contribution is -0.122. The normalized spacial score (nSPS) is 11.7. The first kappa shape index (κ1) is 24.6. The number of para-hydroxylation sites is 1. The average Bonchev–Trinajstić information content (AvgIpc) is 2.85. The van der Waals surface area contributed by atoms with Crippen molar-refractivity contribution in [2.24, 2.45) is 0 Å². The van der Waals surface area contributed by atoms with Crippen molar-refractivity contribution in [2.75, 3.05) is 23.3 Å². The summed E-state index contributed by atoms with van der Waals surface area (Å²) >= 11 is 0. The molecule has 0 heterocycles. The molecule has 0 radical (unpaired) electrons. The van der Waals surface area contributed by atoms with Crippen LogP contribution in [-0.2, 0) is 14.8 Å². The van der Waals surface area contributed by atoms with E-state index in [9.17, 15) is 13.2 Å². The molecule has 1 atom stereocenters. The van der Waals surface area contributed by atoms with Gasteiger partial charge < -0.3 is 14.8 Å². The van der Waals surface area contributed by atoms with Crippen LogP contribution in [0.5, 0.6) is 11.5 Å². The Labute approximate surface area is 199 Å². The smallest absolute Gasteiger partial charge is 0.265 e. The number of nitrogens with one attached hydrogen (secondary N) is 1. The lowest BCUT2D eigenvalue weighted by atomic mass is 10.2. The highest BCUT2D eigenvalue weighted by atomic mass is 32.2. The topological polar surface area (TPSA) is 109 Å². The quantitative estimate of drug-likeness (QED) is 0.493.